The molecular weight excluding hydrogens is 552 g/mol. The molecule has 0 saturated carbocycles. The van der Waals surface area contributed by atoms with Crippen LogP contribution in [-0.4, -0.2) is 4.98 Å². The maximum atomic E-state index is 6.47. The Morgan fingerprint density at radius 3 is 2.02 bits per heavy atom. The van der Waals surface area contributed by atoms with Crippen molar-refractivity contribution in [3.8, 4) is 22.6 Å². The number of aromatic nitrogens is 1. The van der Waals surface area contributed by atoms with Gasteiger partial charge >= 0.3 is 0 Å². The van der Waals surface area contributed by atoms with E-state index in [1.807, 2.05) is 48.5 Å². The summed E-state index contributed by atoms with van der Waals surface area (Å²) >= 11 is 0. The number of oxazole rings is 1. The molecule has 0 saturated heterocycles. The van der Waals surface area contributed by atoms with Gasteiger partial charge in [-0.1, -0.05) is 91.0 Å². The maximum absolute atomic E-state index is 6.47. The molecule has 9 aromatic rings. The van der Waals surface area contributed by atoms with Crippen LogP contribution in [0.4, 0.5) is 17.1 Å². The van der Waals surface area contributed by atoms with Gasteiger partial charge in [0.05, 0.1) is 0 Å². The Hall–Kier alpha value is -6.13. The normalized spacial score (nSPS) is 11.6. The molecule has 4 nitrogen and oxygen atoms in total. The SMILES string of the molecule is c1ccc(N(c2ccc(-c3cccc4ccccc34)cc2)c2ccc3c(c2)oc2cccc(-c4nc5ccccc5o4)c23)cc1. The fraction of sp³-hybridized carbons (Fsp3) is 0. The number of rotatable bonds is 5. The van der Waals surface area contributed by atoms with Crippen LogP contribution in [0.2, 0.25) is 0 Å². The molecule has 0 aliphatic carbocycles. The molecule has 2 heterocycles. The average Bonchev–Trinajstić information content (AvgIpc) is 3.70. The minimum atomic E-state index is 0.589. The number of anilines is 3. The molecule has 0 atom stereocenters. The summed E-state index contributed by atoms with van der Waals surface area (Å²) in [4.78, 5) is 7.04. The van der Waals surface area contributed by atoms with Crippen LogP contribution in [0.3, 0.4) is 0 Å². The highest BCUT2D eigenvalue weighted by Gasteiger charge is 2.19. The van der Waals surface area contributed by atoms with E-state index >= 15 is 0 Å². The number of benzene rings is 7. The number of hydrogen-bond acceptors (Lipinski definition) is 4. The van der Waals surface area contributed by atoms with Crippen molar-refractivity contribution in [2.24, 2.45) is 0 Å². The second-order valence-corrected chi connectivity index (χ2v) is 11.2. The fourth-order valence-corrected chi connectivity index (χ4v) is 6.41. The third-order valence-corrected chi connectivity index (χ3v) is 8.50. The molecule has 0 unspecified atom stereocenters. The van der Waals surface area contributed by atoms with Crippen molar-refractivity contribution in [1.29, 1.82) is 0 Å². The third-order valence-electron chi connectivity index (χ3n) is 8.50. The Kier molecular flexibility index (Phi) is 5.78. The Bertz CT molecular complexity index is 2450. The summed E-state index contributed by atoms with van der Waals surface area (Å²) in [5.41, 5.74) is 9.67. The van der Waals surface area contributed by atoms with Crippen LogP contribution in [0.1, 0.15) is 0 Å². The van der Waals surface area contributed by atoms with Crippen molar-refractivity contribution in [2.45, 2.75) is 0 Å². The molecule has 0 aliphatic heterocycles. The number of furan rings is 1. The monoisotopic (exact) mass is 578 g/mol. The zero-order valence-electron chi connectivity index (χ0n) is 24.2. The standard InChI is InChI=1S/C41H26N2O2/c1-2-12-29(13-3-1)43(30-22-20-28(21-23-30)33-15-8-11-27-10-4-5-14-32(27)33)31-24-25-34-39(26-31)44-38-19-9-16-35(40(34)38)41-42-36-17-6-7-18-37(36)45-41/h1-26H. The summed E-state index contributed by atoms with van der Waals surface area (Å²) in [6.07, 6.45) is 0. The smallest absolute Gasteiger partial charge is 0.228 e. The molecule has 212 valence electrons. The summed E-state index contributed by atoms with van der Waals surface area (Å²) in [7, 11) is 0. The lowest BCUT2D eigenvalue weighted by atomic mass is 9.98. The zero-order chi connectivity index (χ0) is 29.7. The van der Waals surface area contributed by atoms with E-state index in [0.29, 0.717) is 5.89 Å². The lowest BCUT2D eigenvalue weighted by molar-refractivity contribution is 0.620. The van der Waals surface area contributed by atoms with Crippen LogP contribution in [0.5, 0.6) is 0 Å². The van der Waals surface area contributed by atoms with Crippen LogP contribution >= 0.6 is 0 Å². The highest BCUT2D eigenvalue weighted by Crippen LogP contribution is 2.42. The molecule has 0 radical (unpaired) electrons. The van der Waals surface area contributed by atoms with Gasteiger partial charge < -0.3 is 13.7 Å². The highest BCUT2D eigenvalue weighted by molar-refractivity contribution is 6.12. The number of hydrogen-bond donors (Lipinski definition) is 0. The molecule has 9 rings (SSSR count). The number of fused-ring (bicyclic) bond motifs is 5. The van der Waals surface area contributed by atoms with Gasteiger partial charge in [0.15, 0.2) is 5.58 Å². The number of nitrogens with zero attached hydrogens (tertiary/aromatic N) is 2. The average molecular weight is 579 g/mol. The van der Waals surface area contributed by atoms with Gasteiger partial charge in [-0.25, -0.2) is 4.98 Å². The van der Waals surface area contributed by atoms with E-state index in [9.17, 15) is 0 Å². The maximum Gasteiger partial charge on any atom is 0.228 e. The highest BCUT2D eigenvalue weighted by atomic mass is 16.3. The van der Waals surface area contributed by atoms with Crippen LogP contribution in [0.15, 0.2) is 167 Å². The van der Waals surface area contributed by atoms with Crippen LogP contribution in [0.25, 0.3) is 66.4 Å². The third kappa shape index (κ3) is 4.27. The van der Waals surface area contributed by atoms with E-state index in [0.717, 1.165) is 55.7 Å². The first-order valence-corrected chi connectivity index (χ1v) is 15.0. The van der Waals surface area contributed by atoms with Gasteiger partial charge in [-0.05, 0) is 82.6 Å². The first kappa shape index (κ1) is 25.4. The second-order valence-electron chi connectivity index (χ2n) is 11.2. The summed E-state index contributed by atoms with van der Waals surface area (Å²) in [6, 6.07) is 54.6. The molecule has 0 aliphatic rings. The first-order chi connectivity index (χ1) is 22.3. The predicted molar refractivity (Wildman–Crippen MR) is 184 cm³/mol. The minimum Gasteiger partial charge on any atom is -0.456 e. The van der Waals surface area contributed by atoms with Crippen molar-refractivity contribution in [3.63, 3.8) is 0 Å². The van der Waals surface area contributed by atoms with Crippen molar-refractivity contribution < 1.29 is 8.83 Å². The molecule has 7 aromatic carbocycles. The Morgan fingerprint density at radius 1 is 0.444 bits per heavy atom. The molecular formula is C41H26N2O2. The quantitative estimate of drug-likeness (QED) is 0.204. The Labute approximate surface area is 259 Å². The van der Waals surface area contributed by atoms with Crippen molar-refractivity contribution >= 4 is 60.9 Å². The predicted octanol–water partition coefficient (Wildman–Crippen LogP) is 11.7. The molecule has 45 heavy (non-hydrogen) atoms. The van der Waals surface area contributed by atoms with Crippen molar-refractivity contribution in [3.05, 3.63) is 158 Å². The summed E-state index contributed by atoms with van der Waals surface area (Å²) in [6.45, 7) is 0. The number of para-hydroxylation sites is 3. The van der Waals surface area contributed by atoms with E-state index in [1.54, 1.807) is 0 Å². The Morgan fingerprint density at radius 2 is 1.13 bits per heavy atom. The van der Waals surface area contributed by atoms with Gasteiger partial charge in [0, 0.05) is 39.5 Å². The minimum absolute atomic E-state index is 0.589. The Balaban J connectivity index is 1.16. The zero-order valence-corrected chi connectivity index (χ0v) is 24.2. The van der Waals surface area contributed by atoms with E-state index < -0.39 is 0 Å². The molecule has 0 N–H and O–H groups in total. The fourth-order valence-electron chi connectivity index (χ4n) is 6.41. The summed E-state index contributed by atoms with van der Waals surface area (Å²) in [5.74, 6) is 0.589. The lowest BCUT2D eigenvalue weighted by Crippen LogP contribution is -2.09. The van der Waals surface area contributed by atoms with E-state index in [2.05, 4.69) is 114 Å². The molecule has 0 bridgehead atoms. The van der Waals surface area contributed by atoms with Crippen LogP contribution in [-0.2, 0) is 0 Å². The van der Waals surface area contributed by atoms with Crippen LogP contribution in [0, 0.1) is 0 Å². The van der Waals surface area contributed by atoms with Gasteiger partial charge in [-0.2, -0.15) is 0 Å². The van der Waals surface area contributed by atoms with Gasteiger partial charge in [-0.3, -0.25) is 0 Å². The largest absolute Gasteiger partial charge is 0.456 e. The summed E-state index contributed by atoms with van der Waals surface area (Å²) in [5, 5.41) is 4.51. The second kappa shape index (κ2) is 10.2. The lowest BCUT2D eigenvalue weighted by Gasteiger charge is -2.25. The molecule has 0 fully saturated rings. The van der Waals surface area contributed by atoms with Crippen molar-refractivity contribution in [2.75, 3.05) is 4.90 Å². The van der Waals surface area contributed by atoms with Crippen LogP contribution < -0.4 is 4.90 Å². The van der Waals surface area contributed by atoms with Gasteiger partial charge in [0.2, 0.25) is 5.89 Å². The van der Waals surface area contributed by atoms with Gasteiger partial charge in [0.25, 0.3) is 0 Å². The van der Waals surface area contributed by atoms with Gasteiger partial charge in [0.1, 0.15) is 16.7 Å². The van der Waals surface area contributed by atoms with E-state index in [4.69, 9.17) is 13.8 Å². The van der Waals surface area contributed by atoms with E-state index in [-0.39, 0.29) is 0 Å². The summed E-state index contributed by atoms with van der Waals surface area (Å²) < 4.78 is 12.6. The molecule has 4 heteroatoms. The molecule has 2 aromatic heterocycles. The van der Waals surface area contributed by atoms with E-state index in [1.165, 1.54) is 21.9 Å². The molecule has 0 amide bonds. The van der Waals surface area contributed by atoms with Gasteiger partial charge in [-0.15, -0.1) is 0 Å². The topological polar surface area (TPSA) is 42.4 Å². The van der Waals surface area contributed by atoms with Crippen molar-refractivity contribution in [1.82, 2.24) is 4.98 Å². The molecule has 0 spiro atoms. The first-order valence-electron chi connectivity index (χ1n) is 15.0.